The van der Waals surface area contributed by atoms with Crippen LogP contribution in [0.15, 0.2) is 12.2 Å². The summed E-state index contributed by atoms with van der Waals surface area (Å²) in [4.78, 5) is 10.7. The van der Waals surface area contributed by atoms with Crippen molar-refractivity contribution in [3.63, 3.8) is 0 Å². The normalized spacial score (nSPS) is 9.45. The third kappa shape index (κ3) is 19.0. The molecule has 0 saturated heterocycles. The van der Waals surface area contributed by atoms with E-state index >= 15 is 0 Å². The monoisotopic (exact) mass is 283 g/mol. The van der Waals surface area contributed by atoms with Crippen molar-refractivity contribution < 1.29 is 4.79 Å². The Morgan fingerprint density at radius 3 is 1.70 bits per heavy atom. The van der Waals surface area contributed by atoms with Gasteiger partial charge in [0.2, 0.25) is 5.91 Å². The van der Waals surface area contributed by atoms with Gasteiger partial charge in [0, 0.05) is 5.57 Å². The summed E-state index contributed by atoms with van der Waals surface area (Å²) in [6, 6.07) is 0. The number of primary amides is 1. The summed E-state index contributed by atoms with van der Waals surface area (Å²) in [5.74, 6) is -0.346. The van der Waals surface area contributed by atoms with E-state index in [1.807, 2.05) is 0 Å². The van der Waals surface area contributed by atoms with Crippen molar-refractivity contribution in [3.05, 3.63) is 12.2 Å². The van der Waals surface area contributed by atoms with Gasteiger partial charge in [-0.1, -0.05) is 71.3 Å². The number of hydrogen-bond donors (Lipinski definition) is 3. The molecule has 0 saturated carbocycles. The molecule has 0 aliphatic heterocycles. The van der Waals surface area contributed by atoms with Crippen LogP contribution in [0.1, 0.15) is 77.6 Å². The predicted molar refractivity (Wildman–Crippen MR) is 87.8 cm³/mol. The summed E-state index contributed by atoms with van der Waals surface area (Å²) in [6.45, 7) is 5.91. The maximum absolute atomic E-state index is 10.7. The summed E-state index contributed by atoms with van der Waals surface area (Å²) in [5, 5.41) is 5.86. The molecule has 0 heterocycles. The Balaban J connectivity index is 0. The first-order chi connectivity index (χ1) is 9.59. The quantitative estimate of drug-likeness (QED) is 0.219. The molecule has 0 aliphatic rings. The molecule has 0 aromatic carbocycles. The fraction of sp³-hybridized carbons (Fsp3) is 0.750. The third-order valence-electron chi connectivity index (χ3n) is 3.18. The average Bonchev–Trinajstić information content (AvgIpc) is 2.41. The number of carbonyl (C=O) groups is 1. The lowest BCUT2D eigenvalue weighted by Crippen LogP contribution is -2.12. The van der Waals surface area contributed by atoms with E-state index in [0.29, 0.717) is 5.57 Å². The number of hydrogen-bond acceptors (Lipinski definition) is 2. The lowest BCUT2D eigenvalue weighted by molar-refractivity contribution is -0.114. The van der Waals surface area contributed by atoms with Gasteiger partial charge in [-0.15, -0.1) is 0 Å². The van der Waals surface area contributed by atoms with Gasteiger partial charge in [-0.3, -0.25) is 10.2 Å². The second-order valence-corrected chi connectivity index (χ2v) is 5.07. The molecule has 0 spiro atoms. The Hall–Kier alpha value is -1.32. The smallest absolute Gasteiger partial charge is 0.244 e. The Morgan fingerprint density at radius 1 is 1.00 bits per heavy atom. The largest absolute Gasteiger partial charge is 0.390 e. The fourth-order valence-corrected chi connectivity index (χ4v) is 1.95. The molecule has 0 aromatic rings. The Morgan fingerprint density at radius 2 is 1.35 bits per heavy atom. The molecular formula is C16H33N3O. The van der Waals surface area contributed by atoms with Crippen LogP contribution in [0, 0.1) is 5.41 Å². The lowest BCUT2D eigenvalue weighted by atomic mass is 10.0. The van der Waals surface area contributed by atoms with Crippen molar-refractivity contribution in [1.29, 1.82) is 5.41 Å². The number of nitrogens with two attached hydrogens (primary N) is 2. The molecule has 0 fully saturated rings. The molecule has 0 bridgehead atoms. The zero-order chi connectivity index (χ0) is 15.6. The highest BCUT2D eigenvalue weighted by atomic mass is 16.1. The summed E-state index contributed by atoms with van der Waals surface area (Å²) >= 11 is 0. The Bertz CT molecular complexity index is 252. The van der Waals surface area contributed by atoms with Crippen LogP contribution in [-0.2, 0) is 4.79 Å². The second-order valence-electron chi connectivity index (χ2n) is 5.07. The molecule has 0 radical (unpaired) electrons. The minimum atomic E-state index is -0.346. The number of unbranched alkanes of at least 4 members (excludes halogenated alkanes) is 9. The molecule has 0 rings (SSSR count). The van der Waals surface area contributed by atoms with E-state index in [-0.39, 0.29) is 5.91 Å². The Kier molecular flexibility index (Phi) is 18.6. The van der Waals surface area contributed by atoms with E-state index in [1.54, 1.807) is 0 Å². The number of rotatable bonds is 12. The first kappa shape index (κ1) is 21.0. The van der Waals surface area contributed by atoms with Crippen LogP contribution >= 0.6 is 0 Å². The van der Waals surface area contributed by atoms with Crippen LogP contribution < -0.4 is 11.5 Å². The van der Waals surface area contributed by atoms with Gasteiger partial charge in [-0.2, -0.15) is 0 Å². The topological polar surface area (TPSA) is 93.0 Å². The highest BCUT2D eigenvalue weighted by Gasteiger charge is 2.00. The molecule has 20 heavy (non-hydrogen) atoms. The van der Waals surface area contributed by atoms with Crippen molar-refractivity contribution in [2.24, 2.45) is 11.5 Å². The molecular weight excluding hydrogens is 250 g/mol. The maximum atomic E-state index is 10.7. The van der Waals surface area contributed by atoms with Gasteiger partial charge >= 0.3 is 0 Å². The summed E-state index contributed by atoms with van der Waals surface area (Å²) in [7, 11) is 0. The SMILES string of the molecule is C=C(CCCCCCCCCCCC)C(N)=O.N=CN. The molecule has 4 heteroatoms. The molecule has 118 valence electrons. The van der Waals surface area contributed by atoms with Crippen LogP contribution in [-0.4, -0.2) is 12.2 Å². The number of nitrogens with one attached hydrogen (secondary N) is 1. The van der Waals surface area contributed by atoms with Gasteiger partial charge in [-0.25, -0.2) is 0 Å². The van der Waals surface area contributed by atoms with E-state index in [4.69, 9.17) is 11.1 Å². The van der Waals surface area contributed by atoms with Crippen molar-refractivity contribution in [3.8, 4) is 0 Å². The van der Waals surface area contributed by atoms with Crippen molar-refractivity contribution in [1.82, 2.24) is 0 Å². The van der Waals surface area contributed by atoms with Gasteiger partial charge in [-0.05, 0) is 12.8 Å². The molecule has 4 nitrogen and oxygen atoms in total. The molecule has 0 atom stereocenters. The summed E-state index contributed by atoms with van der Waals surface area (Å²) in [5.41, 5.74) is 10.1. The zero-order valence-corrected chi connectivity index (χ0v) is 13.1. The van der Waals surface area contributed by atoms with Gasteiger partial charge in [0.05, 0.1) is 6.34 Å². The van der Waals surface area contributed by atoms with E-state index in [9.17, 15) is 4.79 Å². The van der Waals surface area contributed by atoms with E-state index in [1.165, 1.54) is 57.8 Å². The first-order valence-corrected chi connectivity index (χ1v) is 7.78. The number of carbonyl (C=O) groups excluding carboxylic acids is 1. The van der Waals surface area contributed by atoms with Gasteiger partial charge in [0.15, 0.2) is 0 Å². The summed E-state index contributed by atoms with van der Waals surface area (Å²) < 4.78 is 0. The molecule has 0 aromatic heterocycles. The average molecular weight is 283 g/mol. The standard InChI is InChI=1S/C15H29NO.CH4N2/c1-3-4-5-6-7-8-9-10-11-12-13-14(2)15(16)17;2-1-3/h2-13H2,1H3,(H2,16,17);1H,(H3,2,3). The number of amides is 1. The third-order valence-corrected chi connectivity index (χ3v) is 3.18. The van der Waals surface area contributed by atoms with Crippen LogP contribution in [0.4, 0.5) is 0 Å². The lowest BCUT2D eigenvalue weighted by Gasteiger charge is -2.03. The predicted octanol–water partition coefficient (Wildman–Crippen LogP) is 3.89. The van der Waals surface area contributed by atoms with Crippen LogP contribution in [0.5, 0.6) is 0 Å². The minimum Gasteiger partial charge on any atom is -0.390 e. The summed E-state index contributed by atoms with van der Waals surface area (Å²) in [6.07, 6.45) is 14.6. The fourth-order valence-electron chi connectivity index (χ4n) is 1.95. The van der Waals surface area contributed by atoms with E-state index in [2.05, 4.69) is 19.2 Å². The van der Waals surface area contributed by atoms with Gasteiger partial charge in [0.25, 0.3) is 0 Å². The van der Waals surface area contributed by atoms with Crippen molar-refractivity contribution >= 4 is 12.2 Å². The zero-order valence-electron chi connectivity index (χ0n) is 13.1. The Labute approximate surface area is 124 Å². The van der Waals surface area contributed by atoms with Crippen LogP contribution in [0.2, 0.25) is 0 Å². The second kappa shape index (κ2) is 17.7. The molecule has 0 aliphatic carbocycles. The van der Waals surface area contributed by atoms with Crippen molar-refractivity contribution in [2.75, 3.05) is 0 Å². The van der Waals surface area contributed by atoms with Crippen molar-refractivity contribution in [2.45, 2.75) is 77.6 Å². The highest BCUT2D eigenvalue weighted by molar-refractivity contribution is 5.91. The molecule has 5 N–H and O–H groups in total. The van der Waals surface area contributed by atoms with E-state index < -0.39 is 0 Å². The van der Waals surface area contributed by atoms with Crippen LogP contribution in [0.25, 0.3) is 0 Å². The first-order valence-electron chi connectivity index (χ1n) is 7.78. The maximum Gasteiger partial charge on any atom is 0.244 e. The van der Waals surface area contributed by atoms with Gasteiger partial charge < -0.3 is 11.5 Å². The minimum absolute atomic E-state index is 0.346. The van der Waals surface area contributed by atoms with E-state index in [0.717, 1.165) is 19.2 Å². The van der Waals surface area contributed by atoms with Crippen LogP contribution in [0.3, 0.4) is 0 Å². The molecule has 1 amide bonds. The van der Waals surface area contributed by atoms with Gasteiger partial charge in [0.1, 0.15) is 0 Å². The highest BCUT2D eigenvalue weighted by Crippen LogP contribution is 2.12. The molecule has 0 unspecified atom stereocenters.